The van der Waals surface area contributed by atoms with Crippen molar-refractivity contribution < 1.29 is 0 Å². The summed E-state index contributed by atoms with van der Waals surface area (Å²) in [5.41, 5.74) is 7.95. The molecule has 1 aromatic carbocycles. The Morgan fingerprint density at radius 3 is 2.31 bits per heavy atom. The highest BCUT2D eigenvalue weighted by Gasteiger charge is 2.23. The maximum atomic E-state index is 5.73. The van der Waals surface area contributed by atoms with Gasteiger partial charge in [0.25, 0.3) is 0 Å². The van der Waals surface area contributed by atoms with Gasteiger partial charge >= 0.3 is 0 Å². The van der Waals surface area contributed by atoms with Crippen molar-refractivity contribution in [2.75, 3.05) is 12.8 Å². The van der Waals surface area contributed by atoms with Crippen molar-refractivity contribution >= 4 is 5.69 Å². The van der Waals surface area contributed by atoms with E-state index in [2.05, 4.69) is 24.5 Å². The Balaban J connectivity index is 2.11. The molecule has 2 nitrogen and oxygen atoms in total. The van der Waals surface area contributed by atoms with Crippen molar-refractivity contribution in [3.63, 3.8) is 0 Å². The lowest BCUT2D eigenvalue weighted by Gasteiger charge is -2.30. The predicted molar refractivity (Wildman–Crippen MR) is 69.2 cm³/mol. The van der Waals surface area contributed by atoms with Crippen LogP contribution in [0.15, 0.2) is 24.3 Å². The summed E-state index contributed by atoms with van der Waals surface area (Å²) in [7, 11) is 2.07. The maximum absolute atomic E-state index is 5.73. The molecule has 1 saturated carbocycles. The van der Waals surface area contributed by atoms with Crippen molar-refractivity contribution in [2.24, 2.45) is 5.92 Å². The van der Waals surface area contributed by atoms with E-state index in [0.717, 1.165) is 11.6 Å². The zero-order chi connectivity index (χ0) is 11.4. The Bertz CT molecular complexity index is 312. The van der Waals surface area contributed by atoms with Crippen LogP contribution in [0.1, 0.15) is 43.7 Å². The number of hydrogen-bond donors (Lipinski definition) is 2. The SMILES string of the molecule is CNC(c1ccc(N)cc1)C1CCCCC1. The second kappa shape index (κ2) is 5.35. The number of hydrogen-bond acceptors (Lipinski definition) is 2. The van der Waals surface area contributed by atoms with E-state index >= 15 is 0 Å². The van der Waals surface area contributed by atoms with E-state index in [-0.39, 0.29) is 0 Å². The lowest BCUT2D eigenvalue weighted by atomic mass is 9.81. The number of nitrogens with two attached hydrogens (primary N) is 1. The van der Waals surface area contributed by atoms with Gasteiger partial charge in [0, 0.05) is 11.7 Å². The van der Waals surface area contributed by atoms with Crippen LogP contribution in [-0.4, -0.2) is 7.05 Å². The first-order valence-corrected chi connectivity index (χ1v) is 6.34. The van der Waals surface area contributed by atoms with Gasteiger partial charge in [-0.2, -0.15) is 0 Å². The first kappa shape index (κ1) is 11.5. The van der Waals surface area contributed by atoms with E-state index in [0.29, 0.717) is 6.04 Å². The number of nitrogens with one attached hydrogen (secondary N) is 1. The fourth-order valence-electron chi connectivity index (χ4n) is 2.85. The molecule has 88 valence electrons. The molecule has 1 aromatic rings. The van der Waals surface area contributed by atoms with Crippen molar-refractivity contribution in [1.29, 1.82) is 0 Å². The smallest absolute Gasteiger partial charge is 0.0346 e. The van der Waals surface area contributed by atoms with E-state index in [1.165, 1.54) is 37.7 Å². The van der Waals surface area contributed by atoms with Crippen LogP contribution in [-0.2, 0) is 0 Å². The quantitative estimate of drug-likeness (QED) is 0.765. The van der Waals surface area contributed by atoms with Crippen LogP contribution in [0.4, 0.5) is 5.69 Å². The maximum Gasteiger partial charge on any atom is 0.0346 e. The number of nitrogen functional groups attached to an aromatic ring is 1. The largest absolute Gasteiger partial charge is 0.399 e. The van der Waals surface area contributed by atoms with Crippen molar-refractivity contribution in [1.82, 2.24) is 5.32 Å². The summed E-state index contributed by atoms with van der Waals surface area (Å²) in [6.45, 7) is 0. The third-order valence-electron chi connectivity index (χ3n) is 3.73. The molecule has 0 bridgehead atoms. The van der Waals surface area contributed by atoms with E-state index < -0.39 is 0 Å². The third-order valence-corrected chi connectivity index (χ3v) is 3.73. The summed E-state index contributed by atoms with van der Waals surface area (Å²) >= 11 is 0. The first-order chi connectivity index (χ1) is 7.81. The fraction of sp³-hybridized carbons (Fsp3) is 0.571. The van der Waals surface area contributed by atoms with Gasteiger partial charge < -0.3 is 11.1 Å². The van der Waals surface area contributed by atoms with Gasteiger partial charge in [-0.15, -0.1) is 0 Å². The Morgan fingerprint density at radius 1 is 1.12 bits per heavy atom. The molecular weight excluding hydrogens is 196 g/mol. The van der Waals surface area contributed by atoms with Crippen LogP contribution < -0.4 is 11.1 Å². The van der Waals surface area contributed by atoms with Gasteiger partial charge in [0.2, 0.25) is 0 Å². The number of anilines is 1. The summed E-state index contributed by atoms with van der Waals surface area (Å²) < 4.78 is 0. The van der Waals surface area contributed by atoms with Crippen molar-refractivity contribution in [2.45, 2.75) is 38.1 Å². The summed E-state index contributed by atoms with van der Waals surface area (Å²) in [5.74, 6) is 0.794. The summed E-state index contributed by atoms with van der Waals surface area (Å²) in [6, 6.07) is 8.82. The molecule has 2 heteroatoms. The second-order valence-electron chi connectivity index (χ2n) is 4.83. The highest BCUT2D eigenvalue weighted by Crippen LogP contribution is 2.34. The number of rotatable bonds is 3. The summed E-state index contributed by atoms with van der Waals surface area (Å²) in [5, 5.41) is 3.47. The highest BCUT2D eigenvalue weighted by atomic mass is 14.9. The lowest BCUT2D eigenvalue weighted by molar-refractivity contribution is 0.281. The van der Waals surface area contributed by atoms with Crippen LogP contribution in [0.2, 0.25) is 0 Å². The van der Waals surface area contributed by atoms with Gasteiger partial charge in [0.05, 0.1) is 0 Å². The van der Waals surface area contributed by atoms with Crippen LogP contribution >= 0.6 is 0 Å². The standard InChI is InChI=1S/C14H22N2/c1-16-14(11-5-3-2-4-6-11)12-7-9-13(15)10-8-12/h7-11,14,16H,2-6,15H2,1H3. The minimum Gasteiger partial charge on any atom is -0.399 e. The normalized spacial score (nSPS) is 19.6. The molecule has 0 amide bonds. The predicted octanol–water partition coefficient (Wildman–Crippen LogP) is 3.11. The monoisotopic (exact) mass is 218 g/mol. The molecule has 3 N–H and O–H groups in total. The van der Waals surface area contributed by atoms with E-state index in [1.54, 1.807) is 0 Å². The van der Waals surface area contributed by atoms with Gasteiger partial charge in [-0.3, -0.25) is 0 Å². The minimum atomic E-state index is 0.501. The summed E-state index contributed by atoms with van der Waals surface area (Å²) in [4.78, 5) is 0. The van der Waals surface area contributed by atoms with Crippen molar-refractivity contribution in [3.8, 4) is 0 Å². The van der Waals surface area contributed by atoms with Crippen molar-refractivity contribution in [3.05, 3.63) is 29.8 Å². The first-order valence-electron chi connectivity index (χ1n) is 6.34. The van der Waals surface area contributed by atoms with Crippen LogP contribution in [0.3, 0.4) is 0 Å². The Kier molecular flexibility index (Phi) is 3.83. The molecule has 0 heterocycles. The average Bonchev–Trinajstić information content (AvgIpc) is 2.34. The topological polar surface area (TPSA) is 38.0 Å². The van der Waals surface area contributed by atoms with Gasteiger partial charge in [-0.25, -0.2) is 0 Å². The number of benzene rings is 1. The zero-order valence-corrected chi connectivity index (χ0v) is 10.1. The highest BCUT2D eigenvalue weighted by molar-refractivity contribution is 5.40. The van der Waals surface area contributed by atoms with Gasteiger partial charge in [0.15, 0.2) is 0 Å². The molecule has 2 rings (SSSR count). The Labute approximate surface area is 98.2 Å². The molecule has 16 heavy (non-hydrogen) atoms. The molecule has 1 unspecified atom stereocenters. The molecule has 0 aliphatic heterocycles. The van der Waals surface area contributed by atoms with E-state index in [1.807, 2.05) is 12.1 Å². The molecule has 1 aliphatic carbocycles. The van der Waals surface area contributed by atoms with Crippen LogP contribution in [0, 0.1) is 5.92 Å². The van der Waals surface area contributed by atoms with E-state index in [4.69, 9.17) is 5.73 Å². The Morgan fingerprint density at radius 2 is 1.75 bits per heavy atom. The average molecular weight is 218 g/mol. The van der Waals surface area contributed by atoms with Crippen LogP contribution in [0.25, 0.3) is 0 Å². The molecule has 0 spiro atoms. The van der Waals surface area contributed by atoms with Crippen LogP contribution in [0.5, 0.6) is 0 Å². The molecule has 1 fully saturated rings. The lowest BCUT2D eigenvalue weighted by Crippen LogP contribution is -2.26. The Hall–Kier alpha value is -1.02. The van der Waals surface area contributed by atoms with Gasteiger partial charge in [0.1, 0.15) is 0 Å². The second-order valence-corrected chi connectivity index (χ2v) is 4.83. The minimum absolute atomic E-state index is 0.501. The summed E-state index contributed by atoms with van der Waals surface area (Å²) in [6.07, 6.45) is 6.90. The molecule has 1 aliphatic rings. The zero-order valence-electron chi connectivity index (χ0n) is 10.1. The fourth-order valence-corrected chi connectivity index (χ4v) is 2.85. The van der Waals surface area contributed by atoms with Gasteiger partial charge in [-0.05, 0) is 43.5 Å². The van der Waals surface area contributed by atoms with E-state index in [9.17, 15) is 0 Å². The molecule has 1 atom stereocenters. The molecular formula is C14H22N2. The molecule has 0 aromatic heterocycles. The molecule has 0 saturated heterocycles. The van der Waals surface area contributed by atoms with Gasteiger partial charge in [-0.1, -0.05) is 31.4 Å². The third kappa shape index (κ3) is 2.56. The molecule has 0 radical (unpaired) electrons.